The number of aromatic hydroxyl groups is 1. The first kappa shape index (κ1) is 18.7. The summed E-state index contributed by atoms with van der Waals surface area (Å²) >= 11 is 0. The summed E-state index contributed by atoms with van der Waals surface area (Å²) in [5, 5.41) is 14.7. The summed E-state index contributed by atoms with van der Waals surface area (Å²) in [5.74, 6) is 1.84. The van der Waals surface area contributed by atoms with Gasteiger partial charge in [0.2, 0.25) is 0 Å². The van der Waals surface area contributed by atoms with Crippen LogP contribution in [0.4, 0.5) is 0 Å². The van der Waals surface area contributed by atoms with E-state index in [0.717, 1.165) is 49.0 Å². The van der Waals surface area contributed by atoms with Crippen LogP contribution in [0.2, 0.25) is 0 Å². The number of aryl methyl sites for hydroxylation is 1. The Morgan fingerprint density at radius 2 is 1.82 bits per heavy atom. The Kier molecular flexibility index (Phi) is 5.72. The van der Waals surface area contributed by atoms with Crippen molar-refractivity contribution in [1.82, 2.24) is 19.7 Å². The Balaban J connectivity index is 1.68. The number of unbranched alkanes of at least 4 members (excludes halogenated alkanes) is 1. The molecular formula is C23H28N4O. The highest BCUT2D eigenvalue weighted by Gasteiger charge is 2.18. The van der Waals surface area contributed by atoms with Gasteiger partial charge in [0.25, 0.3) is 0 Å². The van der Waals surface area contributed by atoms with E-state index in [1.165, 1.54) is 31.2 Å². The molecule has 146 valence electrons. The molecule has 1 aromatic heterocycles. The molecule has 3 aromatic rings. The molecule has 0 radical (unpaired) electrons. The lowest BCUT2D eigenvalue weighted by molar-refractivity contribution is 0.322. The standard InChI is InChI=1S/C23H28N4O/c1-2-3-7-18-10-12-20(13-11-18)27-23(19-8-6-9-21(28)16-19)24-22(25-27)17-26-14-4-5-15-26/h6,8-13,16,28H,2-5,7,14-15,17H2,1H3. The van der Waals surface area contributed by atoms with Crippen LogP contribution < -0.4 is 0 Å². The molecule has 0 spiro atoms. The molecular weight excluding hydrogens is 348 g/mol. The molecule has 0 bridgehead atoms. The van der Waals surface area contributed by atoms with Gasteiger partial charge in [0.15, 0.2) is 11.6 Å². The van der Waals surface area contributed by atoms with Crippen LogP contribution in [-0.2, 0) is 13.0 Å². The number of rotatable bonds is 7. The van der Waals surface area contributed by atoms with Gasteiger partial charge in [0, 0.05) is 5.56 Å². The van der Waals surface area contributed by atoms with E-state index in [1.807, 2.05) is 16.8 Å². The molecule has 28 heavy (non-hydrogen) atoms. The van der Waals surface area contributed by atoms with Crippen LogP contribution in [0.25, 0.3) is 17.1 Å². The molecule has 2 heterocycles. The maximum atomic E-state index is 9.93. The van der Waals surface area contributed by atoms with Crippen LogP contribution in [0.5, 0.6) is 5.75 Å². The molecule has 1 N–H and O–H groups in total. The molecule has 4 rings (SSSR count). The molecule has 0 aliphatic carbocycles. The number of hydrogen-bond acceptors (Lipinski definition) is 4. The lowest BCUT2D eigenvalue weighted by Crippen LogP contribution is -2.19. The predicted molar refractivity (Wildman–Crippen MR) is 112 cm³/mol. The Labute approximate surface area is 166 Å². The highest BCUT2D eigenvalue weighted by molar-refractivity contribution is 5.60. The van der Waals surface area contributed by atoms with E-state index in [-0.39, 0.29) is 5.75 Å². The van der Waals surface area contributed by atoms with Crippen molar-refractivity contribution in [3.8, 4) is 22.8 Å². The molecule has 1 aliphatic rings. The predicted octanol–water partition coefficient (Wildman–Crippen LogP) is 4.58. The van der Waals surface area contributed by atoms with Crippen molar-refractivity contribution in [3.05, 3.63) is 59.9 Å². The second kappa shape index (κ2) is 8.57. The molecule has 5 heteroatoms. The van der Waals surface area contributed by atoms with Gasteiger partial charge >= 0.3 is 0 Å². The first-order valence-electron chi connectivity index (χ1n) is 10.3. The molecule has 1 saturated heterocycles. The molecule has 1 aliphatic heterocycles. The van der Waals surface area contributed by atoms with E-state index in [4.69, 9.17) is 10.1 Å². The minimum atomic E-state index is 0.239. The molecule has 0 unspecified atom stereocenters. The third-order valence-electron chi connectivity index (χ3n) is 5.32. The Hall–Kier alpha value is -2.66. The SMILES string of the molecule is CCCCc1ccc(-n2nc(CN3CCCC3)nc2-c2cccc(O)c2)cc1. The van der Waals surface area contributed by atoms with Crippen LogP contribution in [0.15, 0.2) is 48.5 Å². The smallest absolute Gasteiger partial charge is 0.165 e. The summed E-state index contributed by atoms with van der Waals surface area (Å²) in [6, 6.07) is 15.8. The number of likely N-dealkylation sites (tertiary alicyclic amines) is 1. The van der Waals surface area contributed by atoms with Crippen molar-refractivity contribution >= 4 is 0 Å². The number of aromatic nitrogens is 3. The number of phenols is 1. The van der Waals surface area contributed by atoms with Crippen molar-refractivity contribution in [2.75, 3.05) is 13.1 Å². The summed E-state index contributed by atoms with van der Waals surface area (Å²) in [7, 11) is 0. The lowest BCUT2D eigenvalue weighted by Gasteiger charge is -2.10. The third kappa shape index (κ3) is 4.25. The molecule has 0 atom stereocenters. The first-order chi connectivity index (χ1) is 13.7. The first-order valence-corrected chi connectivity index (χ1v) is 10.3. The number of hydrogen-bond donors (Lipinski definition) is 1. The third-order valence-corrected chi connectivity index (χ3v) is 5.32. The maximum absolute atomic E-state index is 9.93. The molecule has 1 fully saturated rings. The van der Waals surface area contributed by atoms with Gasteiger partial charge < -0.3 is 5.11 Å². The number of nitrogens with zero attached hydrogens (tertiary/aromatic N) is 4. The van der Waals surface area contributed by atoms with Crippen LogP contribution in [0.1, 0.15) is 44.0 Å². The van der Waals surface area contributed by atoms with Gasteiger partial charge in [-0.05, 0) is 68.6 Å². The minimum absolute atomic E-state index is 0.239. The van der Waals surface area contributed by atoms with Crippen LogP contribution in [0.3, 0.4) is 0 Å². The average molecular weight is 377 g/mol. The van der Waals surface area contributed by atoms with Crippen LogP contribution in [-0.4, -0.2) is 37.9 Å². The fraction of sp³-hybridized carbons (Fsp3) is 0.391. The zero-order valence-electron chi connectivity index (χ0n) is 16.5. The topological polar surface area (TPSA) is 54.2 Å². The fourth-order valence-corrected chi connectivity index (χ4v) is 3.76. The molecule has 0 saturated carbocycles. The van der Waals surface area contributed by atoms with Crippen LogP contribution >= 0.6 is 0 Å². The molecule has 2 aromatic carbocycles. The van der Waals surface area contributed by atoms with Gasteiger partial charge in [-0.3, -0.25) is 4.90 Å². The maximum Gasteiger partial charge on any atom is 0.165 e. The van der Waals surface area contributed by atoms with E-state index in [1.54, 1.807) is 12.1 Å². The van der Waals surface area contributed by atoms with Crippen LogP contribution in [0, 0.1) is 0 Å². The quantitative estimate of drug-likeness (QED) is 0.656. The molecule has 5 nitrogen and oxygen atoms in total. The highest BCUT2D eigenvalue weighted by Crippen LogP contribution is 2.25. The summed E-state index contributed by atoms with van der Waals surface area (Å²) in [6.07, 6.45) is 6.01. The van der Waals surface area contributed by atoms with Gasteiger partial charge in [0.05, 0.1) is 12.2 Å². The van der Waals surface area contributed by atoms with Gasteiger partial charge in [-0.25, -0.2) is 9.67 Å². The second-order valence-corrected chi connectivity index (χ2v) is 7.57. The normalized spacial score (nSPS) is 14.6. The van der Waals surface area contributed by atoms with E-state index >= 15 is 0 Å². The zero-order valence-corrected chi connectivity index (χ0v) is 16.5. The highest BCUT2D eigenvalue weighted by atomic mass is 16.3. The summed E-state index contributed by atoms with van der Waals surface area (Å²) in [4.78, 5) is 7.24. The van der Waals surface area contributed by atoms with E-state index in [0.29, 0.717) is 0 Å². The zero-order chi connectivity index (χ0) is 19.3. The second-order valence-electron chi connectivity index (χ2n) is 7.57. The van der Waals surface area contributed by atoms with Crippen molar-refractivity contribution in [2.24, 2.45) is 0 Å². The molecule has 0 amide bonds. The Morgan fingerprint density at radius 1 is 1.04 bits per heavy atom. The van der Waals surface area contributed by atoms with E-state index in [2.05, 4.69) is 36.1 Å². The van der Waals surface area contributed by atoms with Gasteiger partial charge in [-0.2, -0.15) is 0 Å². The fourth-order valence-electron chi connectivity index (χ4n) is 3.76. The lowest BCUT2D eigenvalue weighted by atomic mass is 10.1. The number of benzene rings is 2. The monoisotopic (exact) mass is 376 g/mol. The Morgan fingerprint density at radius 3 is 2.54 bits per heavy atom. The van der Waals surface area contributed by atoms with Gasteiger partial charge in [-0.15, -0.1) is 5.10 Å². The van der Waals surface area contributed by atoms with Gasteiger partial charge in [-0.1, -0.05) is 37.6 Å². The summed E-state index contributed by atoms with van der Waals surface area (Å²) in [5.41, 5.74) is 3.22. The average Bonchev–Trinajstić information content (AvgIpc) is 3.37. The van der Waals surface area contributed by atoms with Gasteiger partial charge in [0.1, 0.15) is 5.75 Å². The van der Waals surface area contributed by atoms with E-state index < -0.39 is 0 Å². The largest absolute Gasteiger partial charge is 0.508 e. The summed E-state index contributed by atoms with van der Waals surface area (Å²) < 4.78 is 1.91. The number of phenolic OH excluding ortho intramolecular Hbond substituents is 1. The minimum Gasteiger partial charge on any atom is -0.508 e. The van der Waals surface area contributed by atoms with Crippen molar-refractivity contribution in [2.45, 2.75) is 45.6 Å². The Bertz CT molecular complexity index is 911. The van der Waals surface area contributed by atoms with Crippen molar-refractivity contribution in [3.63, 3.8) is 0 Å². The van der Waals surface area contributed by atoms with E-state index in [9.17, 15) is 5.11 Å². The summed E-state index contributed by atoms with van der Waals surface area (Å²) in [6.45, 7) is 5.21. The van der Waals surface area contributed by atoms with Crippen molar-refractivity contribution in [1.29, 1.82) is 0 Å². The van der Waals surface area contributed by atoms with Crippen molar-refractivity contribution < 1.29 is 5.11 Å².